The number of benzene rings is 1. The van der Waals surface area contributed by atoms with Gasteiger partial charge in [-0.1, -0.05) is 18.2 Å². The number of para-hydroxylation sites is 1. The van der Waals surface area contributed by atoms with Crippen LogP contribution in [0.4, 0.5) is 0 Å². The molecule has 2 rings (SSSR count). The van der Waals surface area contributed by atoms with E-state index < -0.39 is 5.91 Å². The smallest absolute Gasteiger partial charge is 0.290 e. The van der Waals surface area contributed by atoms with Gasteiger partial charge in [0.1, 0.15) is 5.58 Å². The first-order valence-electron chi connectivity index (χ1n) is 6.07. The number of carbonyl (C=O) groups is 2. The molecular weight excluding hydrogens is 276 g/mol. The first-order valence-corrected chi connectivity index (χ1v) is 7.47. The topological polar surface area (TPSA) is 76.5 Å². The highest BCUT2D eigenvalue weighted by Gasteiger charge is 2.23. The number of furan rings is 1. The Morgan fingerprint density at radius 3 is 2.70 bits per heavy atom. The van der Waals surface area contributed by atoms with Crippen LogP contribution in [0, 0.1) is 0 Å². The van der Waals surface area contributed by atoms with E-state index in [2.05, 4.69) is 0 Å². The van der Waals surface area contributed by atoms with Crippen LogP contribution in [-0.4, -0.2) is 36.6 Å². The van der Waals surface area contributed by atoms with Crippen LogP contribution >= 0.6 is 11.8 Å². The van der Waals surface area contributed by atoms with Gasteiger partial charge in [-0.2, -0.15) is 11.8 Å². The minimum absolute atomic E-state index is 0.130. The van der Waals surface area contributed by atoms with Gasteiger partial charge in [-0.05, 0) is 12.3 Å². The standard InChI is InChI=1S/C14H16N2O3S/c1-16(7-12(15)17)14(18)13-10(8-20-2)9-5-3-4-6-11(9)19-13/h3-6H,7-8H2,1-2H3,(H2,15,17). The number of hydrogen-bond acceptors (Lipinski definition) is 4. The zero-order valence-corrected chi connectivity index (χ0v) is 12.2. The number of nitrogens with zero attached hydrogens (tertiary/aromatic N) is 1. The van der Waals surface area contributed by atoms with Gasteiger partial charge in [0.2, 0.25) is 5.91 Å². The summed E-state index contributed by atoms with van der Waals surface area (Å²) >= 11 is 1.61. The lowest BCUT2D eigenvalue weighted by Gasteiger charge is -2.14. The van der Waals surface area contributed by atoms with E-state index in [0.29, 0.717) is 11.3 Å². The Morgan fingerprint density at radius 1 is 1.35 bits per heavy atom. The van der Waals surface area contributed by atoms with Crippen molar-refractivity contribution in [2.24, 2.45) is 5.73 Å². The van der Waals surface area contributed by atoms with Crippen LogP contribution < -0.4 is 5.73 Å². The number of thioether (sulfide) groups is 1. The van der Waals surface area contributed by atoms with E-state index in [1.165, 1.54) is 11.9 Å². The van der Waals surface area contributed by atoms with Crippen molar-refractivity contribution in [3.8, 4) is 0 Å². The zero-order valence-electron chi connectivity index (χ0n) is 11.4. The Morgan fingerprint density at radius 2 is 2.05 bits per heavy atom. The van der Waals surface area contributed by atoms with Gasteiger partial charge in [-0.15, -0.1) is 0 Å². The summed E-state index contributed by atoms with van der Waals surface area (Å²) in [5.41, 5.74) is 6.64. The van der Waals surface area contributed by atoms with Crippen LogP contribution in [0.25, 0.3) is 11.0 Å². The second kappa shape index (κ2) is 6.00. The summed E-state index contributed by atoms with van der Waals surface area (Å²) in [6, 6.07) is 7.51. The Bertz CT molecular complexity index is 651. The summed E-state index contributed by atoms with van der Waals surface area (Å²) in [6.45, 7) is -0.130. The predicted molar refractivity (Wildman–Crippen MR) is 79.6 cm³/mol. The quantitative estimate of drug-likeness (QED) is 0.912. The monoisotopic (exact) mass is 292 g/mol. The van der Waals surface area contributed by atoms with E-state index in [4.69, 9.17) is 10.2 Å². The summed E-state index contributed by atoms with van der Waals surface area (Å²) in [6.07, 6.45) is 1.96. The molecular formula is C14H16N2O3S. The lowest BCUT2D eigenvalue weighted by atomic mass is 10.1. The van der Waals surface area contributed by atoms with Gasteiger partial charge in [0.15, 0.2) is 5.76 Å². The predicted octanol–water partition coefficient (Wildman–Crippen LogP) is 1.85. The Hall–Kier alpha value is -1.95. The summed E-state index contributed by atoms with van der Waals surface area (Å²) in [4.78, 5) is 24.6. The van der Waals surface area contributed by atoms with Gasteiger partial charge >= 0.3 is 0 Å². The van der Waals surface area contributed by atoms with Gasteiger partial charge in [0, 0.05) is 23.8 Å². The van der Waals surface area contributed by atoms with Crippen LogP contribution in [-0.2, 0) is 10.5 Å². The molecule has 0 aliphatic rings. The van der Waals surface area contributed by atoms with Crippen LogP contribution in [0.3, 0.4) is 0 Å². The molecule has 106 valence electrons. The Kier molecular flexibility index (Phi) is 4.34. The lowest BCUT2D eigenvalue weighted by molar-refractivity contribution is -0.118. The maximum absolute atomic E-state index is 12.4. The number of fused-ring (bicyclic) bond motifs is 1. The fourth-order valence-corrected chi connectivity index (χ4v) is 2.61. The number of amides is 2. The number of nitrogens with two attached hydrogens (primary N) is 1. The minimum Gasteiger partial charge on any atom is -0.451 e. The van der Waals surface area contributed by atoms with E-state index >= 15 is 0 Å². The molecule has 2 aromatic rings. The number of likely N-dealkylation sites (N-methyl/N-ethyl adjacent to an activating group) is 1. The summed E-state index contributed by atoms with van der Waals surface area (Å²) in [7, 11) is 1.53. The first kappa shape index (κ1) is 14.5. The largest absolute Gasteiger partial charge is 0.451 e. The van der Waals surface area contributed by atoms with Crippen molar-refractivity contribution in [1.82, 2.24) is 4.90 Å². The third-order valence-corrected chi connectivity index (χ3v) is 3.50. The SMILES string of the molecule is CSCc1c(C(=O)N(C)CC(N)=O)oc2ccccc12. The highest BCUT2D eigenvalue weighted by molar-refractivity contribution is 7.97. The molecule has 0 spiro atoms. The number of hydrogen-bond donors (Lipinski definition) is 1. The third-order valence-electron chi connectivity index (χ3n) is 2.92. The summed E-state index contributed by atoms with van der Waals surface area (Å²) in [5.74, 6) is 0.0689. The molecule has 1 aromatic heterocycles. The van der Waals surface area contributed by atoms with Gasteiger partial charge in [0.25, 0.3) is 5.91 Å². The molecule has 2 N–H and O–H groups in total. The number of primary amides is 1. The lowest BCUT2D eigenvalue weighted by Crippen LogP contribution is -2.35. The third kappa shape index (κ3) is 2.80. The molecule has 0 unspecified atom stereocenters. The highest BCUT2D eigenvalue weighted by atomic mass is 32.2. The fourth-order valence-electron chi connectivity index (χ4n) is 2.04. The van der Waals surface area contributed by atoms with E-state index in [1.807, 2.05) is 30.5 Å². The van der Waals surface area contributed by atoms with Crippen LogP contribution in [0.15, 0.2) is 28.7 Å². The summed E-state index contributed by atoms with van der Waals surface area (Å²) < 4.78 is 5.66. The molecule has 0 radical (unpaired) electrons. The fraction of sp³-hybridized carbons (Fsp3) is 0.286. The zero-order chi connectivity index (χ0) is 14.7. The molecule has 0 atom stereocenters. The maximum Gasteiger partial charge on any atom is 0.290 e. The number of carbonyl (C=O) groups excluding carboxylic acids is 2. The van der Waals surface area contributed by atoms with Crippen molar-refractivity contribution < 1.29 is 14.0 Å². The average Bonchev–Trinajstić information content (AvgIpc) is 2.77. The molecule has 0 saturated heterocycles. The van der Waals surface area contributed by atoms with Crippen molar-refractivity contribution in [3.63, 3.8) is 0 Å². The van der Waals surface area contributed by atoms with Crippen LogP contribution in [0.2, 0.25) is 0 Å². The molecule has 20 heavy (non-hydrogen) atoms. The molecule has 2 amide bonds. The van der Waals surface area contributed by atoms with Crippen molar-refractivity contribution >= 4 is 34.5 Å². The second-order valence-corrected chi connectivity index (χ2v) is 5.33. The van der Waals surface area contributed by atoms with Gasteiger partial charge in [-0.25, -0.2) is 0 Å². The van der Waals surface area contributed by atoms with Crippen molar-refractivity contribution in [1.29, 1.82) is 0 Å². The van der Waals surface area contributed by atoms with Gasteiger partial charge in [0.05, 0.1) is 6.54 Å². The molecule has 1 heterocycles. The summed E-state index contributed by atoms with van der Waals surface area (Å²) in [5, 5.41) is 0.928. The van der Waals surface area contributed by atoms with Crippen molar-refractivity contribution in [2.75, 3.05) is 19.8 Å². The molecule has 1 aromatic carbocycles. The number of rotatable bonds is 5. The highest BCUT2D eigenvalue weighted by Crippen LogP contribution is 2.29. The molecule has 0 bridgehead atoms. The van der Waals surface area contributed by atoms with E-state index in [-0.39, 0.29) is 18.2 Å². The van der Waals surface area contributed by atoms with E-state index in [1.54, 1.807) is 11.8 Å². The van der Waals surface area contributed by atoms with Gasteiger partial charge < -0.3 is 15.1 Å². The Labute approximate surface area is 121 Å². The second-order valence-electron chi connectivity index (χ2n) is 4.47. The molecule has 0 saturated carbocycles. The average molecular weight is 292 g/mol. The molecule has 0 fully saturated rings. The van der Waals surface area contributed by atoms with E-state index in [0.717, 1.165) is 10.9 Å². The van der Waals surface area contributed by atoms with Gasteiger partial charge in [-0.3, -0.25) is 9.59 Å². The molecule has 0 aliphatic heterocycles. The minimum atomic E-state index is -0.552. The molecule has 6 heteroatoms. The maximum atomic E-state index is 12.4. The van der Waals surface area contributed by atoms with Crippen LogP contribution in [0.1, 0.15) is 16.1 Å². The Balaban J connectivity index is 2.44. The molecule has 0 aliphatic carbocycles. The first-order chi connectivity index (χ1) is 9.54. The van der Waals surface area contributed by atoms with Crippen molar-refractivity contribution in [3.05, 3.63) is 35.6 Å². The normalized spacial score (nSPS) is 10.7. The van der Waals surface area contributed by atoms with Crippen LogP contribution in [0.5, 0.6) is 0 Å². The van der Waals surface area contributed by atoms with Crippen molar-refractivity contribution in [2.45, 2.75) is 5.75 Å². The van der Waals surface area contributed by atoms with E-state index in [9.17, 15) is 9.59 Å². The molecule has 5 nitrogen and oxygen atoms in total.